The summed E-state index contributed by atoms with van der Waals surface area (Å²) in [7, 11) is 1.21. The molecule has 1 aliphatic heterocycles. The molecule has 0 aromatic heterocycles. The minimum absolute atomic E-state index is 0.0817. The Morgan fingerprint density at radius 2 is 1.80 bits per heavy atom. The minimum atomic E-state index is -1.80. The number of nitrogens with zero attached hydrogens (tertiary/aromatic N) is 1. The second kappa shape index (κ2) is 6.94. The number of fused-ring (bicyclic) bond motifs is 1. The lowest BCUT2D eigenvalue weighted by Gasteiger charge is -2.37. The fraction of sp³-hybridized carbons (Fsp3) is 0.263. The highest BCUT2D eigenvalue weighted by Crippen LogP contribution is 2.33. The molecule has 25 heavy (non-hydrogen) atoms. The van der Waals surface area contributed by atoms with Crippen LogP contribution in [-0.4, -0.2) is 36.4 Å². The highest BCUT2D eigenvalue weighted by Gasteiger charge is 2.45. The van der Waals surface area contributed by atoms with Crippen LogP contribution in [0.1, 0.15) is 11.1 Å². The predicted octanol–water partition coefficient (Wildman–Crippen LogP) is 2.29. The number of methoxy groups -OCH3 is 1. The summed E-state index contributed by atoms with van der Waals surface area (Å²) in [6.45, 7) is -0.112. The SMILES string of the molecule is COC(=O)C1(O)Cc2ccccc2N(C(=O)OCc2ccccc2)C1. The number of amides is 1. The summed E-state index contributed by atoms with van der Waals surface area (Å²) in [4.78, 5) is 25.8. The molecule has 1 atom stereocenters. The van der Waals surface area contributed by atoms with Gasteiger partial charge in [0.25, 0.3) is 0 Å². The molecule has 2 aromatic rings. The fourth-order valence-corrected chi connectivity index (χ4v) is 2.93. The average molecular weight is 341 g/mol. The van der Waals surface area contributed by atoms with E-state index in [-0.39, 0.29) is 19.6 Å². The Morgan fingerprint density at radius 3 is 2.52 bits per heavy atom. The molecule has 6 nitrogen and oxygen atoms in total. The van der Waals surface area contributed by atoms with Gasteiger partial charge >= 0.3 is 12.1 Å². The summed E-state index contributed by atoms with van der Waals surface area (Å²) in [6.07, 6.45) is -0.545. The van der Waals surface area contributed by atoms with Gasteiger partial charge < -0.3 is 14.6 Å². The van der Waals surface area contributed by atoms with E-state index in [1.807, 2.05) is 30.3 Å². The largest absolute Gasteiger partial charge is 0.467 e. The molecular weight excluding hydrogens is 322 g/mol. The summed E-state index contributed by atoms with van der Waals surface area (Å²) in [5, 5.41) is 10.7. The van der Waals surface area contributed by atoms with Crippen molar-refractivity contribution in [2.75, 3.05) is 18.6 Å². The summed E-state index contributed by atoms with van der Waals surface area (Å²) in [6, 6.07) is 16.4. The Kier molecular flexibility index (Phi) is 4.72. The molecule has 1 aliphatic rings. The van der Waals surface area contributed by atoms with Gasteiger partial charge in [-0.15, -0.1) is 0 Å². The fourth-order valence-electron chi connectivity index (χ4n) is 2.93. The number of benzene rings is 2. The second-order valence-electron chi connectivity index (χ2n) is 5.95. The van der Waals surface area contributed by atoms with Crippen LogP contribution in [0.15, 0.2) is 54.6 Å². The highest BCUT2D eigenvalue weighted by molar-refractivity contribution is 5.93. The second-order valence-corrected chi connectivity index (χ2v) is 5.95. The van der Waals surface area contributed by atoms with E-state index in [4.69, 9.17) is 9.47 Å². The molecule has 6 heteroatoms. The van der Waals surface area contributed by atoms with Crippen molar-refractivity contribution >= 4 is 17.7 Å². The van der Waals surface area contributed by atoms with E-state index in [1.165, 1.54) is 12.0 Å². The third-order valence-electron chi connectivity index (χ3n) is 4.18. The zero-order valence-corrected chi connectivity index (χ0v) is 13.8. The zero-order chi connectivity index (χ0) is 17.9. The monoisotopic (exact) mass is 341 g/mol. The average Bonchev–Trinajstić information content (AvgIpc) is 2.65. The van der Waals surface area contributed by atoms with Gasteiger partial charge in [-0.25, -0.2) is 9.59 Å². The van der Waals surface area contributed by atoms with Crippen LogP contribution >= 0.6 is 0 Å². The number of para-hydroxylation sites is 1. The lowest BCUT2D eigenvalue weighted by Crippen LogP contribution is -2.56. The number of esters is 1. The van der Waals surface area contributed by atoms with Gasteiger partial charge in [-0.3, -0.25) is 4.90 Å². The molecule has 0 aliphatic carbocycles. The van der Waals surface area contributed by atoms with E-state index in [0.29, 0.717) is 11.3 Å². The minimum Gasteiger partial charge on any atom is -0.467 e. The molecule has 0 radical (unpaired) electrons. The van der Waals surface area contributed by atoms with Crippen LogP contribution in [0.25, 0.3) is 0 Å². The molecule has 2 aromatic carbocycles. The van der Waals surface area contributed by atoms with Crippen molar-refractivity contribution in [1.29, 1.82) is 0 Å². The van der Waals surface area contributed by atoms with Crippen molar-refractivity contribution in [2.45, 2.75) is 18.6 Å². The number of aliphatic hydroxyl groups is 1. The lowest BCUT2D eigenvalue weighted by molar-refractivity contribution is -0.161. The number of hydrogen-bond donors (Lipinski definition) is 1. The molecule has 0 fully saturated rings. The van der Waals surface area contributed by atoms with Crippen LogP contribution in [0, 0.1) is 0 Å². The van der Waals surface area contributed by atoms with Crippen molar-refractivity contribution in [3.05, 3.63) is 65.7 Å². The van der Waals surface area contributed by atoms with Gasteiger partial charge in [-0.2, -0.15) is 0 Å². The van der Waals surface area contributed by atoms with Crippen molar-refractivity contribution < 1.29 is 24.2 Å². The number of anilines is 1. The molecule has 1 amide bonds. The Bertz CT molecular complexity index is 776. The third-order valence-corrected chi connectivity index (χ3v) is 4.18. The maximum Gasteiger partial charge on any atom is 0.414 e. The van der Waals surface area contributed by atoms with E-state index in [9.17, 15) is 14.7 Å². The first kappa shape index (κ1) is 17.0. The van der Waals surface area contributed by atoms with Crippen molar-refractivity contribution in [2.24, 2.45) is 0 Å². The molecule has 0 saturated heterocycles. The van der Waals surface area contributed by atoms with Crippen LogP contribution in [0.3, 0.4) is 0 Å². The molecule has 1 heterocycles. The smallest absolute Gasteiger partial charge is 0.414 e. The molecule has 1 unspecified atom stereocenters. The molecule has 0 saturated carbocycles. The van der Waals surface area contributed by atoms with Crippen molar-refractivity contribution in [1.82, 2.24) is 0 Å². The number of β-amino-alcohol motifs (C(OH)–C–C–N with tert-alkyl or cyclic N) is 1. The maximum atomic E-state index is 12.6. The van der Waals surface area contributed by atoms with Gasteiger partial charge in [0.15, 0.2) is 5.60 Å². The van der Waals surface area contributed by atoms with Crippen molar-refractivity contribution in [3.8, 4) is 0 Å². The lowest BCUT2D eigenvalue weighted by atomic mass is 9.88. The summed E-state index contributed by atoms with van der Waals surface area (Å²) in [5.74, 6) is -0.775. The van der Waals surface area contributed by atoms with E-state index < -0.39 is 17.7 Å². The number of carbonyl (C=O) groups excluding carboxylic acids is 2. The van der Waals surface area contributed by atoms with Crippen LogP contribution < -0.4 is 4.90 Å². The summed E-state index contributed by atoms with van der Waals surface area (Å²) < 4.78 is 10.1. The number of rotatable bonds is 3. The van der Waals surface area contributed by atoms with Gasteiger partial charge in [-0.05, 0) is 17.2 Å². The predicted molar refractivity (Wildman–Crippen MR) is 91.1 cm³/mol. The summed E-state index contributed by atoms with van der Waals surface area (Å²) in [5.41, 5.74) is 0.353. The Labute approximate surface area is 145 Å². The van der Waals surface area contributed by atoms with Gasteiger partial charge in [0, 0.05) is 6.42 Å². The molecule has 0 spiro atoms. The summed E-state index contributed by atoms with van der Waals surface area (Å²) >= 11 is 0. The van der Waals surface area contributed by atoms with Gasteiger partial charge in [-0.1, -0.05) is 48.5 Å². The number of carbonyl (C=O) groups is 2. The first-order valence-corrected chi connectivity index (χ1v) is 7.90. The van der Waals surface area contributed by atoms with Gasteiger partial charge in [0.05, 0.1) is 19.3 Å². The van der Waals surface area contributed by atoms with Gasteiger partial charge in [0.1, 0.15) is 6.61 Å². The van der Waals surface area contributed by atoms with Crippen LogP contribution in [0.4, 0.5) is 10.5 Å². The Balaban J connectivity index is 1.83. The van der Waals surface area contributed by atoms with Crippen LogP contribution in [-0.2, 0) is 27.3 Å². The third kappa shape index (κ3) is 3.49. The first-order valence-electron chi connectivity index (χ1n) is 7.90. The Morgan fingerprint density at radius 1 is 1.12 bits per heavy atom. The Hall–Kier alpha value is -2.86. The maximum absolute atomic E-state index is 12.6. The zero-order valence-electron chi connectivity index (χ0n) is 13.8. The topological polar surface area (TPSA) is 76.1 Å². The molecule has 0 bridgehead atoms. The highest BCUT2D eigenvalue weighted by atomic mass is 16.6. The van der Waals surface area contributed by atoms with Crippen LogP contribution in [0.2, 0.25) is 0 Å². The molecule has 130 valence electrons. The van der Waals surface area contributed by atoms with Crippen LogP contribution in [0.5, 0.6) is 0 Å². The number of hydrogen-bond acceptors (Lipinski definition) is 5. The number of ether oxygens (including phenoxy) is 2. The molecular formula is C19H19NO5. The molecule has 1 N–H and O–H groups in total. The normalized spacial score (nSPS) is 19.0. The van der Waals surface area contributed by atoms with E-state index in [2.05, 4.69) is 0 Å². The quantitative estimate of drug-likeness (QED) is 0.867. The van der Waals surface area contributed by atoms with Crippen molar-refractivity contribution in [3.63, 3.8) is 0 Å². The van der Waals surface area contributed by atoms with E-state index in [0.717, 1.165) is 5.56 Å². The van der Waals surface area contributed by atoms with E-state index >= 15 is 0 Å². The first-order chi connectivity index (χ1) is 12.0. The molecule has 3 rings (SSSR count). The standard InChI is InChI=1S/C19H19NO5/c1-24-17(21)19(23)11-15-9-5-6-10-16(15)20(13-19)18(22)25-12-14-7-3-2-4-8-14/h2-10,23H,11-13H2,1H3. The van der Waals surface area contributed by atoms with E-state index in [1.54, 1.807) is 24.3 Å². The van der Waals surface area contributed by atoms with Gasteiger partial charge in [0.2, 0.25) is 0 Å².